The maximum Gasteiger partial charge on any atom is 0.251 e. The molecule has 0 saturated carbocycles. The fourth-order valence-corrected chi connectivity index (χ4v) is 1.79. The third-order valence-electron chi connectivity index (χ3n) is 2.92. The molecule has 5 heteroatoms. The summed E-state index contributed by atoms with van der Waals surface area (Å²) in [6, 6.07) is 5.28. The third kappa shape index (κ3) is 3.34. The number of nitrogen functional groups attached to an aromatic ring is 1. The van der Waals surface area contributed by atoms with E-state index < -0.39 is 0 Å². The van der Waals surface area contributed by atoms with E-state index in [1.54, 1.807) is 24.4 Å². The van der Waals surface area contributed by atoms with E-state index in [2.05, 4.69) is 10.4 Å². The number of aromatic nitrogens is 2. The van der Waals surface area contributed by atoms with E-state index in [9.17, 15) is 4.79 Å². The average Bonchev–Trinajstić information content (AvgIpc) is 2.78. The number of hydrogen-bond acceptors (Lipinski definition) is 3. The molecule has 0 atom stereocenters. The Morgan fingerprint density at radius 3 is 2.84 bits per heavy atom. The lowest BCUT2D eigenvalue weighted by molar-refractivity contribution is 0.0952. The van der Waals surface area contributed by atoms with Crippen LogP contribution < -0.4 is 11.1 Å². The summed E-state index contributed by atoms with van der Waals surface area (Å²) in [4.78, 5) is 11.9. The lowest BCUT2D eigenvalue weighted by Crippen LogP contribution is -2.27. The van der Waals surface area contributed by atoms with Crippen LogP contribution in [0.1, 0.15) is 21.5 Å². The molecule has 0 radical (unpaired) electrons. The van der Waals surface area contributed by atoms with Gasteiger partial charge < -0.3 is 11.1 Å². The van der Waals surface area contributed by atoms with E-state index in [1.807, 2.05) is 24.7 Å². The molecule has 0 saturated heterocycles. The number of anilines is 1. The van der Waals surface area contributed by atoms with E-state index in [4.69, 9.17) is 5.73 Å². The number of nitrogens with two attached hydrogens (primary N) is 1. The normalized spacial score (nSPS) is 10.4. The molecule has 0 fully saturated rings. The summed E-state index contributed by atoms with van der Waals surface area (Å²) >= 11 is 0. The van der Waals surface area contributed by atoms with Gasteiger partial charge in [0.1, 0.15) is 0 Å². The first-order chi connectivity index (χ1) is 9.06. The van der Waals surface area contributed by atoms with Gasteiger partial charge >= 0.3 is 0 Å². The van der Waals surface area contributed by atoms with Crippen molar-refractivity contribution in [1.82, 2.24) is 15.1 Å². The number of benzene rings is 1. The summed E-state index contributed by atoms with van der Waals surface area (Å²) in [5.74, 6) is -0.0908. The molecule has 2 aromatic rings. The van der Waals surface area contributed by atoms with Crippen molar-refractivity contribution in [3.63, 3.8) is 0 Å². The molecule has 0 aliphatic heterocycles. The number of nitrogens with one attached hydrogen (secondary N) is 1. The Morgan fingerprint density at radius 2 is 2.21 bits per heavy atom. The Hall–Kier alpha value is -2.30. The number of rotatable bonds is 4. The molecule has 5 nitrogen and oxygen atoms in total. The largest absolute Gasteiger partial charge is 0.399 e. The van der Waals surface area contributed by atoms with Gasteiger partial charge in [-0.3, -0.25) is 9.48 Å². The lowest BCUT2D eigenvalue weighted by Gasteiger charge is -2.07. The molecule has 1 aromatic heterocycles. The SMILES string of the molecule is Cc1cnn(CCNC(=O)c2ccc(N)c(C)c2)c1. The molecule has 2 rings (SSSR count). The maximum atomic E-state index is 11.9. The molecular weight excluding hydrogens is 240 g/mol. The van der Waals surface area contributed by atoms with Crippen LogP contribution in [0.3, 0.4) is 0 Å². The highest BCUT2D eigenvalue weighted by Crippen LogP contribution is 2.12. The minimum Gasteiger partial charge on any atom is -0.399 e. The first-order valence-corrected chi connectivity index (χ1v) is 6.19. The fourth-order valence-electron chi connectivity index (χ4n) is 1.79. The van der Waals surface area contributed by atoms with Gasteiger partial charge in [0.05, 0.1) is 12.7 Å². The summed E-state index contributed by atoms with van der Waals surface area (Å²) in [6.45, 7) is 5.08. The van der Waals surface area contributed by atoms with Crippen molar-refractivity contribution in [1.29, 1.82) is 0 Å². The van der Waals surface area contributed by atoms with Gasteiger partial charge in [0, 0.05) is 24.0 Å². The van der Waals surface area contributed by atoms with Crippen molar-refractivity contribution in [2.75, 3.05) is 12.3 Å². The van der Waals surface area contributed by atoms with E-state index >= 15 is 0 Å². The lowest BCUT2D eigenvalue weighted by atomic mass is 10.1. The summed E-state index contributed by atoms with van der Waals surface area (Å²) in [7, 11) is 0. The van der Waals surface area contributed by atoms with Gasteiger partial charge in [-0.2, -0.15) is 5.10 Å². The standard InChI is InChI=1S/C14H18N4O/c1-10-8-17-18(9-10)6-5-16-14(19)12-3-4-13(15)11(2)7-12/h3-4,7-9H,5-6,15H2,1-2H3,(H,16,19). The van der Waals surface area contributed by atoms with Gasteiger partial charge in [0.2, 0.25) is 0 Å². The number of carbonyl (C=O) groups is 1. The number of hydrogen-bond donors (Lipinski definition) is 2. The minimum atomic E-state index is -0.0908. The molecule has 3 N–H and O–H groups in total. The molecule has 19 heavy (non-hydrogen) atoms. The summed E-state index contributed by atoms with van der Waals surface area (Å²) in [6.07, 6.45) is 3.74. The number of aryl methyl sites for hydroxylation is 2. The molecule has 100 valence electrons. The van der Waals surface area contributed by atoms with Gasteiger partial charge in [0.15, 0.2) is 0 Å². The number of carbonyl (C=O) groups excluding carboxylic acids is 1. The minimum absolute atomic E-state index is 0.0908. The predicted octanol–water partition coefficient (Wildman–Crippen LogP) is 1.51. The Balaban J connectivity index is 1.89. The van der Waals surface area contributed by atoms with Gasteiger partial charge in [-0.25, -0.2) is 0 Å². The first-order valence-electron chi connectivity index (χ1n) is 6.19. The third-order valence-corrected chi connectivity index (χ3v) is 2.92. The van der Waals surface area contributed by atoms with Gasteiger partial charge in [-0.05, 0) is 43.2 Å². The van der Waals surface area contributed by atoms with Crippen molar-refractivity contribution >= 4 is 11.6 Å². The zero-order valence-electron chi connectivity index (χ0n) is 11.2. The van der Waals surface area contributed by atoms with Crippen molar-refractivity contribution in [2.24, 2.45) is 0 Å². The molecule has 0 aliphatic rings. The molecule has 0 spiro atoms. The van der Waals surface area contributed by atoms with Crippen LogP contribution in [-0.4, -0.2) is 22.2 Å². The van der Waals surface area contributed by atoms with Crippen molar-refractivity contribution < 1.29 is 4.79 Å². The van der Waals surface area contributed by atoms with Crippen LogP contribution in [0, 0.1) is 13.8 Å². The van der Waals surface area contributed by atoms with Crippen LogP contribution in [0.15, 0.2) is 30.6 Å². The van der Waals surface area contributed by atoms with E-state index in [0.717, 1.165) is 11.1 Å². The highest BCUT2D eigenvalue weighted by Gasteiger charge is 2.06. The molecule has 0 unspecified atom stereocenters. The topological polar surface area (TPSA) is 72.9 Å². The Labute approximate surface area is 112 Å². The molecule has 0 bridgehead atoms. The summed E-state index contributed by atoms with van der Waals surface area (Å²) in [5.41, 5.74) is 9.07. The fraction of sp³-hybridized carbons (Fsp3) is 0.286. The second kappa shape index (κ2) is 5.56. The second-order valence-corrected chi connectivity index (χ2v) is 4.61. The molecular formula is C14H18N4O. The van der Waals surface area contributed by atoms with Crippen LogP contribution in [0.2, 0.25) is 0 Å². The van der Waals surface area contributed by atoms with E-state index in [1.165, 1.54) is 0 Å². The Morgan fingerprint density at radius 1 is 1.42 bits per heavy atom. The Bertz CT molecular complexity index is 589. The molecule has 0 aliphatic carbocycles. The smallest absolute Gasteiger partial charge is 0.251 e. The zero-order valence-corrected chi connectivity index (χ0v) is 11.2. The number of amides is 1. The Kier molecular flexibility index (Phi) is 3.85. The van der Waals surface area contributed by atoms with Crippen LogP contribution in [0.25, 0.3) is 0 Å². The molecule has 1 heterocycles. The quantitative estimate of drug-likeness (QED) is 0.816. The molecule has 1 amide bonds. The highest BCUT2D eigenvalue weighted by atomic mass is 16.1. The van der Waals surface area contributed by atoms with Crippen molar-refractivity contribution in [3.8, 4) is 0 Å². The van der Waals surface area contributed by atoms with Gasteiger partial charge in [-0.1, -0.05) is 0 Å². The van der Waals surface area contributed by atoms with Crippen LogP contribution in [0.4, 0.5) is 5.69 Å². The van der Waals surface area contributed by atoms with Crippen molar-refractivity contribution in [3.05, 3.63) is 47.3 Å². The van der Waals surface area contributed by atoms with E-state index in [0.29, 0.717) is 24.3 Å². The van der Waals surface area contributed by atoms with Crippen LogP contribution in [-0.2, 0) is 6.54 Å². The van der Waals surface area contributed by atoms with Gasteiger partial charge in [0.25, 0.3) is 5.91 Å². The van der Waals surface area contributed by atoms with Crippen LogP contribution in [0.5, 0.6) is 0 Å². The first kappa shape index (κ1) is 13.1. The number of nitrogens with zero attached hydrogens (tertiary/aromatic N) is 2. The highest BCUT2D eigenvalue weighted by molar-refractivity contribution is 5.94. The average molecular weight is 258 g/mol. The summed E-state index contributed by atoms with van der Waals surface area (Å²) in [5, 5.41) is 7.02. The van der Waals surface area contributed by atoms with Gasteiger partial charge in [-0.15, -0.1) is 0 Å². The van der Waals surface area contributed by atoms with Crippen LogP contribution >= 0.6 is 0 Å². The maximum absolute atomic E-state index is 11.9. The second-order valence-electron chi connectivity index (χ2n) is 4.61. The zero-order chi connectivity index (χ0) is 13.8. The monoisotopic (exact) mass is 258 g/mol. The van der Waals surface area contributed by atoms with Crippen molar-refractivity contribution in [2.45, 2.75) is 20.4 Å². The van der Waals surface area contributed by atoms with E-state index in [-0.39, 0.29) is 5.91 Å². The summed E-state index contributed by atoms with van der Waals surface area (Å²) < 4.78 is 1.81. The predicted molar refractivity (Wildman–Crippen MR) is 74.9 cm³/mol. The molecule has 1 aromatic carbocycles.